The van der Waals surface area contributed by atoms with Crippen LogP contribution in [0.3, 0.4) is 0 Å². The first-order chi connectivity index (χ1) is 8.19. The van der Waals surface area contributed by atoms with Gasteiger partial charge in [-0.1, -0.05) is 39.0 Å². The van der Waals surface area contributed by atoms with Crippen molar-refractivity contribution in [1.82, 2.24) is 5.32 Å². The van der Waals surface area contributed by atoms with Gasteiger partial charge in [-0.3, -0.25) is 0 Å². The highest BCUT2D eigenvalue weighted by atomic mass is 16.5. The fourth-order valence-electron chi connectivity index (χ4n) is 2.06. The second kappa shape index (κ2) is 7.33. The van der Waals surface area contributed by atoms with Crippen LogP contribution >= 0.6 is 0 Å². The predicted octanol–water partition coefficient (Wildman–Crippen LogP) is 3.78. The summed E-state index contributed by atoms with van der Waals surface area (Å²) >= 11 is 0. The fourth-order valence-corrected chi connectivity index (χ4v) is 2.06. The SMILES string of the molecule is CCCNC(CC(C)C)c1ccccc1OC. The molecular formula is C15H25NO. The number of hydrogen-bond donors (Lipinski definition) is 1. The molecule has 2 heteroatoms. The van der Waals surface area contributed by atoms with E-state index in [0.29, 0.717) is 12.0 Å². The lowest BCUT2D eigenvalue weighted by Crippen LogP contribution is -2.24. The van der Waals surface area contributed by atoms with Crippen molar-refractivity contribution in [3.8, 4) is 5.75 Å². The smallest absolute Gasteiger partial charge is 0.123 e. The third-order valence-corrected chi connectivity index (χ3v) is 2.86. The Morgan fingerprint density at radius 2 is 1.94 bits per heavy atom. The molecule has 0 aliphatic heterocycles. The van der Waals surface area contributed by atoms with E-state index in [1.54, 1.807) is 7.11 Å². The molecule has 0 spiro atoms. The summed E-state index contributed by atoms with van der Waals surface area (Å²) in [6.07, 6.45) is 2.30. The number of ether oxygens (including phenoxy) is 1. The molecule has 96 valence electrons. The zero-order valence-corrected chi connectivity index (χ0v) is 11.5. The molecule has 0 saturated heterocycles. The normalized spacial score (nSPS) is 12.8. The van der Waals surface area contributed by atoms with Gasteiger partial charge in [0.1, 0.15) is 5.75 Å². The van der Waals surface area contributed by atoms with Gasteiger partial charge in [0, 0.05) is 11.6 Å². The van der Waals surface area contributed by atoms with Crippen LogP contribution < -0.4 is 10.1 Å². The van der Waals surface area contributed by atoms with Gasteiger partial charge < -0.3 is 10.1 Å². The van der Waals surface area contributed by atoms with Crippen LogP contribution in [0, 0.1) is 5.92 Å². The van der Waals surface area contributed by atoms with Crippen LogP contribution in [0.2, 0.25) is 0 Å². The molecule has 0 aliphatic carbocycles. The van der Waals surface area contributed by atoms with E-state index in [4.69, 9.17) is 4.74 Å². The van der Waals surface area contributed by atoms with E-state index in [9.17, 15) is 0 Å². The van der Waals surface area contributed by atoms with Crippen LogP contribution in [-0.4, -0.2) is 13.7 Å². The van der Waals surface area contributed by atoms with E-state index in [0.717, 1.165) is 25.1 Å². The van der Waals surface area contributed by atoms with Crippen LogP contribution in [0.15, 0.2) is 24.3 Å². The van der Waals surface area contributed by atoms with E-state index in [2.05, 4.69) is 38.2 Å². The molecular weight excluding hydrogens is 210 g/mol. The Morgan fingerprint density at radius 3 is 2.53 bits per heavy atom. The minimum atomic E-state index is 0.395. The third-order valence-electron chi connectivity index (χ3n) is 2.86. The lowest BCUT2D eigenvalue weighted by Gasteiger charge is -2.22. The Kier molecular flexibility index (Phi) is 6.06. The average Bonchev–Trinajstić information content (AvgIpc) is 2.34. The molecule has 0 aromatic heterocycles. The fraction of sp³-hybridized carbons (Fsp3) is 0.600. The van der Waals surface area contributed by atoms with Crippen molar-refractivity contribution in [1.29, 1.82) is 0 Å². The van der Waals surface area contributed by atoms with E-state index in [1.165, 1.54) is 5.56 Å². The Balaban J connectivity index is 2.86. The van der Waals surface area contributed by atoms with Gasteiger partial charge >= 0.3 is 0 Å². The molecule has 0 amide bonds. The second-order valence-electron chi connectivity index (χ2n) is 4.88. The van der Waals surface area contributed by atoms with Gasteiger partial charge in [-0.2, -0.15) is 0 Å². The van der Waals surface area contributed by atoms with Crippen molar-refractivity contribution in [2.75, 3.05) is 13.7 Å². The molecule has 0 radical (unpaired) electrons. The van der Waals surface area contributed by atoms with Gasteiger partial charge in [0.25, 0.3) is 0 Å². The third kappa shape index (κ3) is 4.39. The van der Waals surface area contributed by atoms with Crippen molar-refractivity contribution < 1.29 is 4.74 Å². The average molecular weight is 235 g/mol. The monoisotopic (exact) mass is 235 g/mol. The topological polar surface area (TPSA) is 21.3 Å². The first kappa shape index (κ1) is 14.0. The van der Waals surface area contributed by atoms with Gasteiger partial charge in [-0.15, -0.1) is 0 Å². The number of para-hydroxylation sites is 1. The van der Waals surface area contributed by atoms with Crippen molar-refractivity contribution >= 4 is 0 Å². The van der Waals surface area contributed by atoms with Crippen LogP contribution in [0.25, 0.3) is 0 Å². The maximum atomic E-state index is 5.45. The summed E-state index contributed by atoms with van der Waals surface area (Å²) in [4.78, 5) is 0. The number of benzene rings is 1. The predicted molar refractivity (Wildman–Crippen MR) is 73.5 cm³/mol. The standard InChI is InChI=1S/C15H25NO/c1-5-10-16-14(11-12(2)3)13-8-6-7-9-15(13)17-4/h6-9,12,14,16H,5,10-11H2,1-4H3. The van der Waals surface area contributed by atoms with E-state index in [-0.39, 0.29) is 0 Å². The maximum absolute atomic E-state index is 5.45. The molecule has 17 heavy (non-hydrogen) atoms. The highest BCUT2D eigenvalue weighted by Crippen LogP contribution is 2.29. The Labute approximate surface area is 105 Å². The largest absolute Gasteiger partial charge is 0.496 e. The Bertz CT molecular complexity index is 322. The molecule has 0 saturated carbocycles. The van der Waals surface area contributed by atoms with Crippen LogP contribution in [0.1, 0.15) is 45.2 Å². The minimum Gasteiger partial charge on any atom is -0.496 e. The van der Waals surface area contributed by atoms with E-state index < -0.39 is 0 Å². The Morgan fingerprint density at radius 1 is 1.24 bits per heavy atom. The van der Waals surface area contributed by atoms with Gasteiger partial charge in [0.15, 0.2) is 0 Å². The van der Waals surface area contributed by atoms with E-state index in [1.807, 2.05) is 12.1 Å². The van der Waals surface area contributed by atoms with Gasteiger partial charge in [0.2, 0.25) is 0 Å². The molecule has 0 bridgehead atoms. The van der Waals surface area contributed by atoms with Gasteiger partial charge in [-0.25, -0.2) is 0 Å². The highest BCUT2D eigenvalue weighted by molar-refractivity contribution is 5.35. The number of rotatable bonds is 7. The minimum absolute atomic E-state index is 0.395. The molecule has 1 aromatic carbocycles. The van der Waals surface area contributed by atoms with Crippen molar-refractivity contribution in [2.24, 2.45) is 5.92 Å². The quantitative estimate of drug-likeness (QED) is 0.776. The molecule has 1 rings (SSSR count). The molecule has 0 heterocycles. The number of methoxy groups -OCH3 is 1. The van der Waals surface area contributed by atoms with Gasteiger partial charge in [-0.05, 0) is 31.4 Å². The molecule has 1 N–H and O–H groups in total. The molecule has 1 unspecified atom stereocenters. The lowest BCUT2D eigenvalue weighted by molar-refractivity contribution is 0.381. The van der Waals surface area contributed by atoms with Crippen LogP contribution in [0.5, 0.6) is 5.75 Å². The summed E-state index contributed by atoms with van der Waals surface area (Å²) in [7, 11) is 1.74. The zero-order chi connectivity index (χ0) is 12.7. The highest BCUT2D eigenvalue weighted by Gasteiger charge is 2.16. The first-order valence-corrected chi connectivity index (χ1v) is 6.55. The molecule has 1 aromatic rings. The summed E-state index contributed by atoms with van der Waals surface area (Å²) in [6.45, 7) is 7.77. The van der Waals surface area contributed by atoms with Crippen LogP contribution in [-0.2, 0) is 0 Å². The second-order valence-corrected chi connectivity index (χ2v) is 4.88. The Hall–Kier alpha value is -1.02. The summed E-state index contributed by atoms with van der Waals surface area (Å²) in [5, 5.41) is 3.61. The van der Waals surface area contributed by atoms with Crippen molar-refractivity contribution in [3.63, 3.8) is 0 Å². The van der Waals surface area contributed by atoms with Crippen molar-refractivity contribution in [2.45, 2.75) is 39.7 Å². The lowest BCUT2D eigenvalue weighted by atomic mass is 9.96. The molecule has 1 atom stereocenters. The molecule has 2 nitrogen and oxygen atoms in total. The molecule has 0 aliphatic rings. The van der Waals surface area contributed by atoms with E-state index >= 15 is 0 Å². The summed E-state index contributed by atoms with van der Waals surface area (Å²) in [5.41, 5.74) is 1.28. The molecule has 0 fully saturated rings. The summed E-state index contributed by atoms with van der Waals surface area (Å²) in [6, 6.07) is 8.70. The number of nitrogens with one attached hydrogen (secondary N) is 1. The van der Waals surface area contributed by atoms with Crippen molar-refractivity contribution in [3.05, 3.63) is 29.8 Å². The summed E-state index contributed by atoms with van der Waals surface area (Å²) in [5.74, 6) is 1.66. The summed E-state index contributed by atoms with van der Waals surface area (Å²) < 4.78 is 5.45. The first-order valence-electron chi connectivity index (χ1n) is 6.55. The van der Waals surface area contributed by atoms with Gasteiger partial charge in [0.05, 0.1) is 7.11 Å². The number of hydrogen-bond acceptors (Lipinski definition) is 2. The maximum Gasteiger partial charge on any atom is 0.123 e. The van der Waals surface area contributed by atoms with Crippen LogP contribution in [0.4, 0.5) is 0 Å². The zero-order valence-electron chi connectivity index (χ0n) is 11.5.